The van der Waals surface area contributed by atoms with Gasteiger partial charge in [0, 0.05) is 30.4 Å². The maximum atomic E-state index is 12.0. The normalized spacial score (nSPS) is 18.4. The van der Waals surface area contributed by atoms with E-state index in [4.69, 9.17) is 5.73 Å². The Labute approximate surface area is 116 Å². The number of nitrogens with zero attached hydrogens (tertiary/aromatic N) is 1. The summed E-state index contributed by atoms with van der Waals surface area (Å²) in [6.07, 6.45) is 1.53. The zero-order valence-electron chi connectivity index (χ0n) is 11.0. The van der Waals surface area contributed by atoms with Gasteiger partial charge in [-0.15, -0.1) is 11.3 Å². The van der Waals surface area contributed by atoms with E-state index in [9.17, 15) is 9.59 Å². The third kappa shape index (κ3) is 3.54. The molecule has 0 bridgehead atoms. The van der Waals surface area contributed by atoms with Crippen molar-refractivity contribution >= 4 is 23.2 Å². The van der Waals surface area contributed by atoms with Crippen molar-refractivity contribution in [3.8, 4) is 0 Å². The van der Waals surface area contributed by atoms with Crippen LogP contribution in [-0.4, -0.2) is 35.8 Å². The van der Waals surface area contributed by atoms with Crippen LogP contribution >= 0.6 is 11.3 Å². The molecule has 1 saturated heterocycles. The number of hydrogen-bond donors (Lipinski definition) is 2. The van der Waals surface area contributed by atoms with E-state index >= 15 is 0 Å². The average Bonchev–Trinajstić information content (AvgIpc) is 3.01. The smallest absolute Gasteiger partial charge is 0.242 e. The summed E-state index contributed by atoms with van der Waals surface area (Å²) in [7, 11) is 0. The largest absolute Gasteiger partial charge is 0.350 e. The van der Waals surface area contributed by atoms with Crippen molar-refractivity contribution in [3.63, 3.8) is 0 Å². The van der Waals surface area contributed by atoms with Crippen molar-refractivity contribution in [1.29, 1.82) is 0 Å². The van der Waals surface area contributed by atoms with Crippen LogP contribution < -0.4 is 11.1 Å². The van der Waals surface area contributed by atoms with Crippen LogP contribution in [0.3, 0.4) is 0 Å². The summed E-state index contributed by atoms with van der Waals surface area (Å²) in [5, 5.41) is 4.76. The zero-order valence-corrected chi connectivity index (χ0v) is 11.8. The van der Waals surface area contributed by atoms with Crippen molar-refractivity contribution in [1.82, 2.24) is 10.2 Å². The molecule has 1 aliphatic heterocycles. The van der Waals surface area contributed by atoms with Gasteiger partial charge in [0.2, 0.25) is 11.8 Å². The van der Waals surface area contributed by atoms with E-state index < -0.39 is 6.04 Å². The van der Waals surface area contributed by atoms with Gasteiger partial charge >= 0.3 is 0 Å². The summed E-state index contributed by atoms with van der Waals surface area (Å²) in [4.78, 5) is 26.1. The van der Waals surface area contributed by atoms with E-state index in [1.807, 2.05) is 24.4 Å². The predicted octanol–water partition coefficient (Wildman–Crippen LogP) is 0.875. The second kappa shape index (κ2) is 6.16. The first-order valence-corrected chi connectivity index (χ1v) is 7.33. The second-order valence-electron chi connectivity index (χ2n) is 4.85. The van der Waals surface area contributed by atoms with Crippen LogP contribution in [0, 0.1) is 0 Å². The fourth-order valence-corrected chi connectivity index (χ4v) is 2.93. The number of thiophene rings is 1. The highest BCUT2D eigenvalue weighted by Crippen LogP contribution is 2.17. The quantitative estimate of drug-likeness (QED) is 0.841. The van der Waals surface area contributed by atoms with Crippen molar-refractivity contribution in [2.75, 3.05) is 13.1 Å². The Morgan fingerprint density at radius 3 is 3.00 bits per heavy atom. The first kappa shape index (κ1) is 14.0. The zero-order chi connectivity index (χ0) is 13.8. The number of nitrogens with one attached hydrogen (secondary N) is 1. The van der Waals surface area contributed by atoms with Gasteiger partial charge in [0.05, 0.1) is 0 Å². The Bertz CT molecular complexity index is 447. The third-order valence-electron chi connectivity index (χ3n) is 3.19. The van der Waals surface area contributed by atoms with Crippen LogP contribution in [0.4, 0.5) is 0 Å². The molecular weight excluding hydrogens is 262 g/mol. The lowest BCUT2D eigenvalue weighted by atomic mass is 10.2. The molecule has 3 N–H and O–H groups in total. The molecule has 1 aliphatic rings. The average molecular weight is 281 g/mol. The molecule has 2 amide bonds. The van der Waals surface area contributed by atoms with Crippen molar-refractivity contribution in [3.05, 3.63) is 22.4 Å². The lowest BCUT2D eigenvalue weighted by Gasteiger charge is -2.22. The molecule has 5 nitrogen and oxygen atoms in total. The molecule has 0 aromatic carbocycles. The van der Waals surface area contributed by atoms with E-state index in [1.165, 1.54) is 11.3 Å². The fourth-order valence-electron chi connectivity index (χ4n) is 2.20. The van der Waals surface area contributed by atoms with Crippen LogP contribution in [0.2, 0.25) is 0 Å². The Balaban J connectivity index is 1.83. The molecule has 2 unspecified atom stereocenters. The molecule has 1 aromatic rings. The van der Waals surface area contributed by atoms with Crippen LogP contribution in [0.25, 0.3) is 0 Å². The highest BCUT2D eigenvalue weighted by atomic mass is 32.1. The monoisotopic (exact) mass is 281 g/mol. The molecule has 0 aliphatic carbocycles. The standard InChI is InChI=1S/C13H19N3O2S/c1-9(8-16-6-2-5-11(16)17)15-13(18)12(14)10-4-3-7-19-10/h3-4,7,9,12H,2,5-6,8,14H2,1H3,(H,15,18). The van der Waals surface area contributed by atoms with Gasteiger partial charge in [-0.05, 0) is 24.8 Å². The molecule has 2 atom stereocenters. The van der Waals surface area contributed by atoms with Crippen LogP contribution in [0.5, 0.6) is 0 Å². The van der Waals surface area contributed by atoms with Gasteiger partial charge in [-0.1, -0.05) is 6.07 Å². The Morgan fingerprint density at radius 1 is 1.63 bits per heavy atom. The molecule has 1 aromatic heterocycles. The van der Waals surface area contributed by atoms with Gasteiger partial charge in [-0.3, -0.25) is 9.59 Å². The van der Waals surface area contributed by atoms with E-state index in [0.717, 1.165) is 17.8 Å². The van der Waals surface area contributed by atoms with E-state index in [-0.39, 0.29) is 17.9 Å². The highest BCUT2D eigenvalue weighted by molar-refractivity contribution is 7.10. The minimum absolute atomic E-state index is 0.0828. The summed E-state index contributed by atoms with van der Waals surface area (Å²) < 4.78 is 0. The number of nitrogens with two attached hydrogens (primary N) is 1. The molecule has 6 heteroatoms. The summed E-state index contributed by atoms with van der Waals surface area (Å²) >= 11 is 1.47. The first-order chi connectivity index (χ1) is 9.08. The van der Waals surface area contributed by atoms with Gasteiger partial charge in [0.1, 0.15) is 6.04 Å². The maximum absolute atomic E-state index is 12.0. The fraction of sp³-hybridized carbons (Fsp3) is 0.538. The van der Waals surface area contributed by atoms with Crippen LogP contribution in [0.1, 0.15) is 30.7 Å². The van der Waals surface area contributed by atoms with Gasteiger partial charge in [-0.2, -0.15) is 0 Å². The minimum atomic E-state index is -0.628. The van der Waals surface area contributed by atoms with Crippen molar-refractivity contribution in [2.45, 2.75) is 31.8 Å². The van der Waals surface area contributed by atoms with Crippen molar-refractivity contribution in [2.24, 2.45) is 5.73 Å². The number of rotatable bonds is 5. The minimum Gasteiger partial charge on any atom is -0.350 e. The van der Waals surface area contributed by atoms with Gasteiger partial charge in [0.15, 0.2) is 0 Å². The molecule has 104 valence electrons. The van der Waals surface area contributed by atoms with Crippen LogP contribution in [-0.2, 0) is 9.59 Å². The van der Waals surface area contributed by atoms with Crippen molar-refractivity contribution < 1.29 is 9.59 Å². The first-order valence-electron chi connectivity index (χ1n) is 6.45. The lowest BCUT2D eigenvalue weighted by molar-refractivity contribution is -0.129. The third-order valence-corrected chi connectivity index (χ3v) is 4.14. The predicted molar refractivity (Wildman–Crippen MR) is 74.7 cm³/mol. The number of carbonyl (C=O) groups excluding carboxylic acids is 2. The molecule has 0 saturated carbocycles. The number of likely N-dealkylation sites (tertiary alicyclic amines) is 1. The molecule has 2 rings (SSSR count). The Hall–Kier alpha value is -1.40. The molecule has 19 heavy (non-hydrogen) atoms. The van der Waals surface area contributed by atoms with E-state index in [0.29, 0.717) is 13.0 Å². The summed E-state index contributed by atoms with van der Waals surface area (Å²) in [6.45, 7) is 3.24. The number of amides is 2. The maximum Gasteiger partial charge on any atom is 0.242 e. The van der Waals surface area contributed by atoms with Gasteiger partial charge in [-0.25, -0.2) is 0 Å². The molecular formula is C13H19N3O2S. The second-order valence-corrected chi connectivity index (χ2v) is 5.83. The Kier molecular flexibility index (Phi) is 4.55. The number of carbonyl (C=O) groups is 2. The van der Waals surface area contributed by atoms with E-state index in [1.54, 1.807) is 4.90 Å². The topological polar surface area (TPSA) is 75.4 Å². The molecule has 1 fully saturated rings. The SMILES string of the molecule is CC(CN1CCCC1=O)NC(=O)C(N)c1cccs1. The summed E-state index contributed by atoms with van der Waals surface area (Å²) in [6, 6.07) is 3.01. The Morgan fingerprint density at radius 2 is 2.42 bits per heavy atom. The van der Waals surface area contributed by atoms with Crippen LogP contribution in [0.15, 0.2) is 17.5 Å². The highest BCUT2D eigenvalue weighted by Gasteiger charge is 2.24. The van der Waals surface area contributed by atoms with E-state index in [2.05, 4.69) is 5.32 Å². The molecule has 0 radical (unpaired) electrons. The molecule has 0 spiro atoms. The summed E-state index contributed by atoms with van der Waals surface area (Å²) in [5.74, 6) is -0.0229. The number of hydrogen-bond acceptors (Lipinski definition) is 4. The van der Waals surface area contributed by atoms with Gasteiger partial charge < -0.3 is 16.0 Å². The molecule has 2 heterocycles. The lowest BCUT2D eigenvalue weighted by Crippen LogP contribution is -2.45. The van der Waals surface area contributed by atoms with Gasteiger partial charge in [0.25, 0.3) is 0 Å². The summed E-state index contributed by atoms with van der Waals surface area (Å²) in [5.41, 5.74) is 5.88.